The molecular formula is C21H25NO6S. The summed E-state index contributed by atoms with van der Waals surface area (Å²) in [6, 6.07) is 5.74. The van der Waals surface area contributed by atoms with E-state index in [9.17, 15) is 4.79 Å². The largest absolute Gasteiger partial charge is 0.493 e. The van der Waals surface area contributed by atoms with Gasteiger partial charge in [0.25, 0.3) is 5.91 Å². The zero-order chi connectivity index (χ0) is 20.2. The molecule has 156 valence electrons. The van der Waals surface area contributed by atoms with Gasteiger partial charge in [0.15, 0.2) is 23.0 Å². The van der Waals surface area contributed by atoms with E-state index in [4.69, 9.17) is 23.7 Å². The van der Waals surface area contributed by atoms with Gasteiger partial charge in [-0.2, -0.15) is 0 Å². The number of carbonyl (C=O) groups excluding carboxylic acids is 1. The second-order valence-corrected chi connectivity index (χ2v) is 7.89. The number of nitrogens with one attached hydrogen (secondary N) is 1. The molecule has 0 spiro atoms. The van der Waals surface area contributed by atoms with Gasteiger partial charge in [0.05, 0.1) is 20.3 Å². The zero-order valence-electron chi connectivity index (χ0n) is 16.6. The van der Waals surface area contributed by atoms with Crippen molar-refractivity contribution in [2.45, 2.75) is 37.8 Å². The minimum Gasteiger partial charge on any atom is -0.493 e. The molecule has 1 N–H and O–H groups in total. The molecule has 1 aromatic carbocycles. The average Bonchev–Trinajstić information content (AvgIpc) is 3.19. The summed E-state index contributed by atoms with van der Waals surface area (Å²) in [4.78, 5) is 13.3. The second-order valence-electron chi connectivity index (χ2n) is 7.01. The van der Waals surface area contributed by atoms with Crippen molar-refractivity contribution >= 4 is 17.2 Å². The number of fused-ring (bicyclic) bond motifs is 1. The number of hydrogen-bond donors (Lipinski definition) is 1. The average molecular weight is 419 g/mol. The molecule has 29 heavy (non-hydrogen) atoms. The molecule has 0 unspecified atom stereocenters. The molecule has 0 saturated heterocycles. The quantitative estimate of drug-likeness (QED) is 0.770. The van der Waals surface area contributed by atoms with Gasteiger partial charge in [0, 0.05) is 11.4 Å². The van der Waals surface area contributed by atoms with Crippen molar-refractivity contribution in [2.75, 3.05) is 27.4 Å². The molecule has 0 radical (unpaired) electrons. The smallest absolute Gasteiger partial charge is 0.265 e. The molecule has 0 atom stereocenters. The Bertz CT molecular complexity index is 859. The minimum absolute atomic E-state index is 0.0791. The molecule has 0 bridgehead atoms. The maximum Gasteiger partial charge on any atom is 0.265 e. The molecule has 8 heteroatoms. The van der Waals surface area contributed by atoms with Crippen molar-refractivity contribution in [1.29, 1.82) is 0 Å². The number of thiophene rings is 1. The fourth-order valence-corrected chi connectivity index (χ4v) is 4.56. The summed E-state index contributed by atoms with van der Waals surface area (Å²) in [5, 5.41) is 4.96. The molecular weight excluding hydrogens is 394 g/mol. The zero-order valence-corrected chi connectivity index (χ0v) is 17.4. The predicted molar refractivity (Wildman–Crippen MR) is 109 cm³/mol. The monoisotopic (exact) mass is 419 g/mol. The van der Waals surface area contributed by atoms with Crippen LogP contribution in [-0.4, -0.2) is 45.5 Å². The van der Waals surface area contributed by atoms with Crippen LogP contribution in [0.25, 0.3) is 0 Å². The number of benzene rings is 1. The highest BCUT2D eigenvalue weighted by Crippen LogP contribution is 2.40. The lowest BCUT2D eigenvalue weighted by Crippen LogP contribution is -2.39. The van der Waals surface area contributed by atoms with E-state index in [-0.39, 0.29) is 18.1 Å². The van der Waals surface area contributed by atoms with Gasteiger partial charge < -0.3 is 29.0 Å². The van der Waals surface area contributed by atoms with E-state index in [2.05, 4.69) is 5.32 Å². The third-order valence-electron chi connectivity index (χ3n) is 5.18. The van der Waals surface area contributed by atoms with E-state index in [0.29, 0.717) is 46.8 Å². The Kier molecular flexibility index (Phi) is 5.99. The third kappa shape index (κ3) is 4.22. The van der Waals surface area contributed by atoms with E-state index >= 15 is 0 Å². The number of hydrogen-bond acceptors (Lipinski definition) is 7. The summed E-state index contributed by atoms with van der Waals surface area (Å²) < 4.78 is 28.1. The van der Waals surface area contributed by atoms with E-state index in [1.54, 1.807) is 14.2 Å². The molecule has 2 aliphatic rings. The van der Waals surface area contributed by atoms with Crippen LogP contribution >= 0.6 is 11.3 Å². The van der Waals surface area contributed by atoms with Crippen LogP contribution in [0.2, 0.25) is 0 Å². The molecule has 1 amide bonds. The fourth-order valence-electron chi connectivity index (χ4n) is 3.73. The first-order chi connectivity index (χ1) is 14.2. The van der Waals surface area contributed by atoms with E-state index < -0.39 is 0 Å². The predicted octanol–water partition coefficient (Wildman–Crippen LogP) is 3.66. The summed E-state index contributed by atoms with van der Waals surface area (Å²) in [5.74, 6) is 3.07. The number of amides is 1. The minimum atomic E-state index is -0.0967. The maximum absolute atomic E-state index is 12.7. The molecule has 7 nitrogen and oxygen atoms in total. The van der Waals surface area contributed by atoms with Crippen LogP contribution in [0.3, 0.4) is 0 Å². The van der Waals surface area contributed by atoms with Gasteiger partial charge in [-0.1, -0.05) is 6.07 Å². The molecule has 2 aromatic rings. The fraction of sp³-hybridized carbons (Fsp3) is 0.476. The van der Waals surface area contributed by atoms with Crippen LogP contribution in [-0.2, 0) is 0 Å². The van der Waals surface area contributed by atoms with E-state index in [1.165, 1.54) is 11.3 Å². The summed E-state index contributed by atoms with van der Waals surface area (Å²) in [7, 11) is 3.21. The molecule has 1 aromatic heterocycles. The highest BCUT2D eigenvalue weighted by molar-refractivity contribution is 7.12. The summed E-state index contributed by atoms with van der Waals surface area (Å²) in [5.41, 5.74) is 0. The lowest BCUT2D eigenvalue weighted by molar-refractivity contribution is 0.0887. The molecule has 1 fully saturated rings. The Morgan fingerprint density at radius 3 is 2.59 bits per heavy atom. The van der Waals surface area contributed by atoms with Gasteiger partial charge in [-0.15, -0.1) is 11.3 Å². The molecule has 4 rings (SSSR count). The van der Waals surface area contributed by atoms with Crippen molar-refractivity contribution < 1.29 is 28.5 Å². The van der Waals surface area contributed by atoms with Gasteiger partial charge in [-0.05, 0) is 37.8 Å². The number of ether oxygens (including phenoxy) is 5. The Balaban J connectivity index is 1.32. The van der Waals surface area contributed by atoms with Crippen LogP contribution in [0, 0.1) is 0 Å². The SMILES string of the molecule is COc1cccc(OC2CCC(NC(=O)c3scc4c3OCCO4)CC2)c1OC. The van der Waals surface area contributed by atoms with E-state index in [0.717, 1.165) is 25.7 Å². The Hall–Kier alpha value is -2.61. The van der Waals surface area contributed by atoms with Gasteiger partial charge in [0.1, 0.15) is 18.1 Å². The maximum atomic E-state index is 12.7. The van der Waals surface area contributed by atoms with Crippen molar-refractivity contribution in [3.8, 4) is 28.7 Å². The van der Waals surface area contributed by atoms with Gasteiger partial charge >= 0.3 is 0 Å². The third-order valence-corrected chi connectivity index (χ3v) is 6.12. The first-order valence-corrected chi connectivity index (χ1v) is 10.6. The van der Waals surface area contributed by atoms with Gasteiger partial charge in [0.2, 0.25) is 5.75 Å². The van der Waals surface area contributed by atoms with Crippen LogP contribution in [0.4, 0.5) is 0 Å². The first kappa shape index (κ1) is 19.7. The first-order valence-electron chi connectivity index (χ1n) is 9.75. The summed E-state index contributed by atoms with van der Waals surface area (Å²) in [6.07, 6.45) is 3.50. The second kappa shape index (κ2) is 8.82. The number of carbonyl (C=O) groups is 1. The molecule has 2 heterocycles. The normalized spacial score (nSPS) is 20.6. The Morgan fingerprint density at radius 1 is 1.07 bits per heavy atom. The lowest BCUT2D eigenvalue weighted by atomic mass is 9.93. The van der Waals surface area contributed by atoms with Crippen molar-refractivity contribution in [3.05, 3.63) is 28.5 Å². The number of methoxy groups -OCH3 is 2. The van der Waals surface area contributed by atoms with Gasteiger partial charge in [-0.3, -0.25) is 4.79 Å². The Labute approximate surface area is 173 Å². The van der Waals surface area contributed by atoms with Crippen molar-refractivity contribution in [2.24, 2.45) is 0 Å². The van der Waals surface area contributed by atoms with E-state index in [1.807, 2.05) is 23.6 Å². The van der Waals surface area contributed by atoms with Crippen LogP contribution in [0.5, 0.6) is 28.7 Å². The van der Waals surface area contributed by atoms with Crippen molar-refractivity contribution in [3.63, 3.8) is 0 Å². The lowest BCUT2D eigenvalue weighted by Gasteiger charge is -2.30. The topological polar surface area (TPSA) is 75.3 Å². The molecule has 1 saturated carbocycles. The highest BCUT2D eigenvalue weighted by Gasteiger charge is 2.28. The number of para-hydroxylation sites is 1. The summed E-state index contributed by atoms with van der Waals surface area (Å²) >= 11 is 1.36. The standard InChI is InChI=1S/C21H25NO6S/c1-24-15-4-3-5-16(18(15)25-2)28-14-8-6-13(7-9-14)22-21(23)20-19-17(12-29-20)26-10-11-27-19/h3-5,12-14H,6-11H2,1-2H3,(H,22,23). The molecule has 1 aliphatic heterocycles. The van der Waals surface area contributed by atoms with Gasteiger partial charge in [-0.25, -0.2) is 0 Å². The Morgan fingerprint density at radius 2 is 1.83 bits per heavy atom. The number of rotatable bonds is 6. The van der Waals surface area contributed by atoms with Crippen molar-refractivity contribution in [1.82, 2.24) is 5.32 Å². The highest BCUT2D eigenvalue weighted by atomic mass is 32.1. The van der Waals surface area contributed by atoms with Crippen LogP contribution in [0.1, 0.15) is 35.4 Å². The van der Waals surface area contributed by atoms with Crippen LogP contribution < -0.4 is 29.0 Å². The molecule has 1 aliphatic carbocycles. The van der Waals surface area contributed by atoms with Crippen LogP contribution in [0.15, 0.2) is 23.6 Å². The summed E-state index contributed by atoms with van der Waals surface area (Å²) in [6.45, 7) is 0.993.